The predicted molar refractivity (Wildman–Crippen MR) is 113 cm³/mol. The van der Waals surface area contributed by atoms with Crippen molar-refractivity contribution in [3.05, 3.63) is 77.2 Å². The van der Waals surface area contributed by atoms with Gasteiger partial charge in [-0.1, -0.05) is 29.8 Å². The van der Waals surface area contributed by atoms with Crippen LogP contribution in [-0.4, -0.2) is 31.1 Å². The second kappa shape index (κ2) is 9.35. The second-order valence-corrected chi connectivity index (χ2v) is 7.98. The molecule has 0 saturated heterocycles. The van der Waals surface area contributed by atoms with Crippen molar-refractivity contribution in [1.29, 1.82) is 0 Å². The zero-order chi connectivity index (χ0) is 21.8. The Bertz CT molecular complexity index is 961. The van der Waals surface area contributed by atoms with Gasteiger partial charge in [-0.2, -0.15) is 0 Å². The van der Waals surface area contributed by atoms with Gasteiger partial charge in [-0.3, -0.25) is 4.79 Å². The van der Waals surface area contributed by atoms with Gasteiger partial charge in [-0.25, -0.2) is 4.79 Å². The maximum Gasteiger partial charge on any atom is 0.337 e. The van der Waals surface area contributed by atoms with Crippen LogP contribution in [-0.2, 0) is 25.6 Å². The SMILES string of the molecule is COC(=O)c1ccc(OC2=COC3CC(OCc4ccc(C)cc4)CCC3C2=O)cc1. The molecule has 1 heterocycles. The Morgan fingerprint density at radius 3 is 2.52 bits per heavy atom. The Kier molecular flexibility index (Phi) is 6.37. The summed E-state index contributed by atoms with van der Waals surface area (Å²) in [5.41, 5.74) is 2.78. The van der Waals surface area contributed by atoms with Gasteiger partial charge in [0.05, 0.1) is 31.3 Å². The molecule has 0 radical (unpaired) electrons. The van der Waals surface area contributed by atoms with Crippen molar-refractivity contribution in [3.63, 3.8) is 0 Å². The van der Waals surface area contributed by atoms with Crippen LogP contribution >= 0.6 is 0 Å². The summed E-state index contributed by atoms with van der Waals surface area (Å²) in [6, 6.07) is 14.7. The normalized spacial score (nSPS) is 22.7. The molecule has 0 spiro atoms. The van der Waals surface area contributed by atoms with Crippen LogP contribution in [0.15, 0.2) is 60.6 Å². The maximum atomic E-state index is 12.9. The van der Waals surface area contributed by atoms with E-state index in [0.29, 0.717) is 30.8 Å². The molecule has 6 heteroatoms. The number of hydrogen-bond donors (Lipinski definition) is 0. The van der Waals surface area contributed by atoms with Crippen molar-refractivity contribution < 1.29 is 28.5 Å². The van der Waals surface area contributed by atoms with Gasteiger partial charge in [0, 0.05) is 6.42 Å². The molecule has 4 rings (SSSR count). The fourth-order valence-electron chi connectivity index (χ4n) is 3.96. The van der Waals surface area contributed by atoms with Gasteiger partial charge in [0.15, 0.2) is 0 Å². The average Bonchev–Trinajstić information content (AvgIpc) is 2.80. The second-order valence-electron chi connectivity index (χ2n) is 7.98. The number of rotatable bonds is 6. The molecule has 1 aliphatic heterocycles. The van der Waals surface area contributed by atoms with E-state index in [1.54, 1.807) is 24.3 Å². The van der Waals surface area contributed by atoms with Crippen molar-refractivity contribution in [1.82, 2.24) is 0 Å². The molecule has 3 unspecified atom stereocenters. The van der Waals surface area contributed by atoms with E-state index >= 15 is 0 Å². The molecular weight excluding hydrogens is 396 g/mol. The van der Waals surface area contributed by atoms with Crippen LogP contribution in [0.3, 0.4) is 0 Å². The van der Waals surface area contributed by atoms with Crippen molar-refractivity contribution in [3.8, 4) is 5.75 Å². The van der Waals surface area contributed by atoms with E-state index in [1.165, 1.54) is 18.9 Å². The molecule has 0 N–H and O–H groups in total. The van der Waals surface area contributed by atoms with E-state index in [1.807, 2.05) is 0 Å². The number of carbonyl (C=O) groups excluding carboxylic acids is 2. The zero-order valence-electron chi connectivity index (χ0n) is 17.7. The number of ketones is 1. The third-order valence-electron chi connectivity index (χ3n) is 5.78. The molecule has 2 aromatic rings. The number of methoxy groups -OCH3 is 1. The summed E-state index contributed by atoms with van der Waals surface area (Å²) < 4.78 is 22.3. The van der Waals surface area contributed by atoms with Gasteiger partial charge in [0.25, 0.3) is 0 Å². The standard InChI is InChI=1S/C25H26O6/c1-16-3-5-17(6-4-16)14-29-20-11-12-21-22(13-20)30-15-23(24(21)26)31-19-9-7-18(8-10-19)25(27)28-2/h3-10,15,20-22H,11-14H2,1-2H3. The predicted octanol–water partition coefficient (Wildman–Crippen LogP) is 4.36. The van der Waals surface area contributed by atoms with Crippen LogP contribution in [0.5, 0.6) is 5.75 Å². The number of Topliss-reactive ketones (excluding diaryl/α,β-unsaturated/α-hetero) is 1. The molecule has 31 heavy (non-hydrogen) atoms. The van der Waals surface area contributed by atoms with E-state index in [4.69, 9.17) is 14.2 Å². The number of aryl methyl sites for hydroxylation is 1. The van der Waals surface area contributed by atoms with E-state index < -0.39 is 5.97 Å². The van der Waals surface area contributed by atoms with Crippen LogP contribution in [0.1, 0.15) is 40.7 Å². The lowest BCUT2D eigenvalue weighted by Gasteiger charge is -2.37. The highest BCUT2D eigenvalue weighted by atomic mass is 16.5. The van der Waals surface area contributed by atoms with Crippen LogP contribution in [0.2, 0.25) is 0 Å². The Hall–Kier alpha value is -3.12. The third kappa shape index (κ3) is 4.97. The number of allylic oxidation sites excluding steroid dienone is 1. The first-order valence-corrected chi connectivity index (χ1v) is 10.5. The molecule has 1 saturated carbocycles. The highest BCUT2D eigenvalue weighted by molar-refractivity contribution is 5.96. The van der Waals surface area contributed by atoms with Gasteiger partial charge in [-0.05, 0) is 49.6 Å². The fraction of sp³-hybridized carbons (Fsp3) is 0.360. The first-order valence-electron chi connectivity index (χ1n) is 10.5. The zero-order valence-corrected chi connectivity index (χ0v) is 17.7. The summed E-state index contributed by atoms with van der Waals surface area (Å²) in [5.74, 6) is -0.0543. The number of benzene rings is 2. The Morgan fingerprint density at radius 1 is 1.06 bits per heavy atom. The molecule has 1 fully saturated rings. The first kappa shape index (κ1) is 21.1. The van der Waals surface area contributed by atoms with Crippen LogP contribution in [0.25, 0.3) is 0 Å². The highest BCUT2D eigenvalue weighted by Gasteiger charge is 2.41. The topological polar surface area (TPSA) is 71.1 Å². The summed E-state index contributed by atoms with van der Waals surface area (Å²) in [6.45, 7) is 2.62. The molecule has 0 bridgehead atoms. The lowest BCUT2D eigenvalue weighted by molar-refractivity contribution is -0.134. The van der Waals surface area contributed by atoms with Crippen molar-refractivity contribution in [2.45, 2.75) is 45.0 Å². The quantitative estimate of drug-likeness (QED) is 0.645. The molecule has 3 atom stereocenters. The Balaban J connectivity index is 1.33. The van der Waals surface area contributed by atoms with Gasteiger partial charge in [0.2, 0.25) is 11.5 Å². The fourth-order valence-corrected chi connectivity index (χ4v) is 3.96. The minimum absolute atomic E-state index is 0.0507. The molecule has 6 nitrogen and oxygen atoms in total. The molecule has 2 aromatic carbocycles. The molecule has 162 valence electrons. The Morgan fingerprint density at radius 2 is 1.81 bits per heavy atom. The summed E-state index contributed by atoms with van der Waals surface area (Å²) in [4.78, 5) is 24.4. The van der Waals surface area contributed by atoms with E-state index in [0.717, 1.165) is 12.0 Å². The highest BCUT2D eigenvalue weighted by Crippen LogP contribution is 2.35. The Labute approximate surface area is 181 Å². The van der Waals surface area contributed by atoms with Crippen LogP contribution in [0.4, 0.5) is 0 Å². The van der Waals surface area contributed by atoms with Gasteiger partial charge >= 0.3 is 5.97 Å². The van der Waals surface area contributed by atoms with Crippen molar-refractivity contribution >= 4 is 11.8 Å². The third-order valence-corrected chi connectivity index (χ3v) is 5.78. The van der Waals surface area contributed by atoms with E-state index in [-0.39, 0.29) is 29.7 Å². The maximum absolute atomic E-state index is 12.9. The monoisotopic (exact) mass is 422 g/mol. The van der Waals surface area contributed by atoms with Crippen LogP contribution < -0.4 is 4.74 Å². The molecule has 0 amide bonds. The van der Waals surface area contributed by atoms with E-state index in [9.17, 15) is 9.59 Å². The largest absolute Gasteiger partial charge is 0.493 e. The first-order chi connectivity index (χ1) is 15.0. The minimum atomic E-state index is -0.424. The molecule has 0 aromatic heterocycles. The number of fused-ring (bicyclic) bond motifs is 1. The number of hydrogen-bond acceptors (Lipinski definition) is 6. The lowest BCUT2D eigenvalue weighted by atomic mass is 9.80. The van der Waals surface area contributed by atoms with Crippen molar-refractivity contribution in [2.24, 2.45) is 5.92 Å². The summed E-state index contributed by atoms with van der Waals surface area (Å²) in [7, 11) is 1.33. The van der Waals surface area contributed by atoms with Gasteiger partial charge < -0.3 is 18.9 Å². The molecule has 1 aliphatic carbocycles. The number of carbonyl (C=O) groups is 2. The molecular formula is C25H26O6. The minimum Gasteiger partial charge on any atom is -0.493 e. The van der Waals surface area contributed by atoms with Gasteiger partial charge in [-0.15, -0.1) is 0 Å². The lowest BCUT2D eigenvalue weighted by Crippen LogP contribution is -2.42. The van der Waals surface area contributed by atoms with E-state index in [2.05, 4.69) is 35.9 Å². The smallest absolute Gasteiger partial charge is 0.337 e. The average molecular weight is 422 g/mol. The molecule has 2 aliphatic rings. The summed E-state index contributed by atoms with van der Waals surface area (Å²) >= 11 is 0. The summed E-state index contributed by atoms with van der Waals surface area (Å²) in [5, 5.41) is 0. The van der Waals surface area contributed by atoms with Crippen molar-refractivity contribution in [2.75, 3.05) is 7.11 Å². The number of ether oxygens (including phenoxy) is 4. The number of esters is 1. The van der Waals surface area contributed by atoms with Crippen LogP contribution in [0, 0.1) is 12.8 Å². The summed E-state index contributed by atoms with van der Waals surface area (Å²) in [6.07, 6.45) is 3.46. The van der Waals surface area contributed by atoms with Gasteiger partial charge in [0.1, 0.15) is 18.1 Å².